The molecule has 2 aliphatic rings. The number of halogens is 3. The van der Waals surface area contributed by atoms with Crippen molar-refractivity contribution in [3.8, 4) is 28.7 Å². The van der Waals surface area contributed by atoms with E-state index < -0.39 is 11.9 Å². The van der Waals surface area contributed by atoms with Gasteiger partial charge in [0, 0.05) is 57.0 Å². The molecule has 0 saturated heterocycles. The van der Waals surface area contributed by atoms with Gasteiger partial charge >= 0.3 is 6.18 Å². The van der Waals surface area contributed by atoms with E-state index in [1.54, 1.807) is 19.2 Å². The number of ether oxygens (including phenoxy) is 1. The van der Waals surface area contributed by atoms with Gasteiger partial charge in [-0.3, -0.25) is 4.68 Å². The molecule has 13 heteroatoms. The molecule has 0 amide bonds. The van der Waals surface area contributed by atoms with Crippen LogP contribution in [0, 0.1) is 0 Å². The van der Waals surface area contributed by atoms with Crippen LogP contribution in [0.4, 0.5) is 19.0 Å². The zero-order valence-electron chi connectivity index (χ0n) is 20.5. The number of rotatable bonds is 5. The van der Waals surface area contributed by atoms with Crippen LogP contribution in [-0.2, 0) is 33.2 Å². The molecule has 1 aliphatic carbocycles. The van der Waals surface area contributed by atoms with Gasteiger partial charge < -0.3 is 14.2 Å². The van der Waals surface area contributed by atoms with Crippen molar-refractivity contribution in [2.24, 2.45) is 14.1 Å². The number of aryl methyl sites for hydroxylation is 2. The molecule has 1 saturated carbocycles. The van der Waals surface area contributed by atoms with Crippen LogP contribution in [0.5, 0.6) is 5.88 Å². The standard InChI is InChI=1S/C24H24F3N9O/c1-34-11-17(24(25,26)27)30-22(34)15-6-7-18(32-31-15)36-9-8-16-14(10-36)21(33-35(16)2)19-20(13-4-5-13)28-12-29-23(19)37-3/h6-7,11-13H,4-5,8-10H2,1-3H3. The predicted octanol–water partition coefficient (Wildman–Crippen LogP) is 3.54. The van der Waals surface area contributed by atoms with Gasteiger partial charge in [0.15, 0.2) is 17.3 Å². The normalized spacial score (nSPS) is 15.7. The van der Waals surface area contributed by atoms with Crippen LogP contribution in [0.1, 0.15) is 41.4 Å². The van der Waals surface area contributed by atoms with Crippen LogP contribution in [-0.4, -0.2) is 53.2 Å². The van der Waals surface area contributed by atoms with Gasteiger partial charge in [-0.25, -0.2) is 15.0 Å². The molecule has 4 aromatic heterocycles. The van der Waals surface area contributed by atoms with Crippen molar-refractivity contribution in [2.75, 3.05) is 18.6 Å². The van der Waals surface area contributed by atoms with E-state index in [0.29, 0.717) is 30.7 Å². The van der Waals surface area contributed by atoms with Gasteiger partial charge in [-0.05, 0) is 25.0 Å². The van der Waals surface area contributed by atoms with Crippen LogP contribution < -0.4 is 9.64 Å². The first-order valence-corrected chi connectivity index (χ1v) is 11.9. The smallest absolute Gasteiger partial charge is 0.434 e. The van der Waals surface area contributed by atoms with Crippen LogP contribution in [0.15, 0.2) is 24.7 Å². The van der Waals surface area contributed by atoms with Gasteiger partial charge in [-0.2, -0.15) is 18.3 Å². The molecule has 0 N–H and O–H groups in total. The van der Waals surface area contributed by atoms with Crippen molar-refractivity contribution in [1.29, 1.82) is 0 Å². The monoisotopic (exact) mass is 511 g/mol. The Balaban J connectivity index is 1.32. The number of fused-ring (bicyclic) bond motifs is 1. The summed E-state index contributed by atoms with van der Waals surface area (Å²) in [7, 11) is 5.03. The zero-order chi connectivity index (χ0) is 25.9. The maximum absolute atomic E-state index is 13.1. The summed E-state index contributed by atoms with van der Waals surface area (Å²) < 4.78 is 48.0. The molecule has 192 valence electrons. The van der Waals surface area contributed by atoms with Gasteiger partial charge in [0.1, 0.15) is 17.7 Å². The number of alkyl halides is 3. The van der Waals surface area contributed by atoms with E-state index in [9.17, 15) is 13.2 Å². The number of anilines is 1. The highest BCUT2D eigenvalue weighted by molar-refractivity contribution is 5.73. The SMILES string of the molecule is COc1ncnc(C2CC2)c1-c1nn(C)c2c1CN(c1ccc(-c3nc(C(F)(F)F)cn3C)nn1)CC2. The van der Waals surface area contributed by atoms with E-state index in [-0.39, 0.29) is 11.5 Å². The summed E-state index contributed by atoms with van der Waals surface area (Å²) in [6.07, 6.45) is 0.855. The molecule has 5 heterocycles. The Labute approximate surface area is 210 Å². The minimum Gasteiger partial charge on any atom is -0.480 e. The summed E-state index contributed by atoms with van der Waals surface area (Å²) in [6, 6.07) is 3.40. The number of hydrogen-bond donors (Lipinski definition) is 0. The van der Waals surface area contributed by atoms with Crippen molar-refractivity contribution < 1.29 is 17.9 Å². The third-order valence-electron chi connectivity index (χ3n) is 6.85. The lowest BCUT2D eigenvalue weighted by molar-refractivity contribution is -0.140. The first-order chi connectivity index (χ1) is 17.7. The Morgan fingerprint density at radius 1 is 1.08 bits per heavy atom. The average molecular weight is 512 g/mol. The zero-order valence-corrected chi connectivity index (χ0v) is 20.5. The maximum atomic E-state index is 13.1. The van der Waals surface area contributed by atoms with Crippen molar-refractivity contribution in [2.45, 2.75) is 37.9 Å². The third-order valence-corrected chi connectivity index (χ3v) is 6.85. The topological polar surface area (TPSA) is 99.7 Å². The van der Waals surface area contributed by atoms with E-state index in [1.807, 2.05) is 11.7 Å². The van der Waals surface area contributed by atoms with Gasteiger partial charge in [0.2, 0.25) is 5.88 Å². The van der Waals surface area contributed by atoms with Crippen molar-refractivity contribution in [1.82, 2.24) is 39.5 Å². The number of imidazole rings is 1. The fourth-order valence-corrected chi connectivity index (χ4v) is 4.87. The summed E-state index contributed by atoms with van der Waals surface area (Å²) in [4.78, 5) is 14.7. The first kappa shape index (κ1) is 23.4. The molecule has 0 atom stereocenters. The van der Waals surface area contributed by atoms with Gasteiger partial charge in [-0.15, -0.1) is 10.2 Å². The van der Waals surface area contributed by atoms with Crippen molar-refractivity contribution >= 4 is 5.82 Å². The molecule has 1 fully saturated rings. The molecule has 0 spiro atoms. The lowest BCUT2D eigenvalue weighted by Crippen LogP contribution is -2.31. The minimum absolute atomic E-state index is 0.102. The van der Waals surface area contributed by atoms with Gasteiger partial charge in [0.05, 0.1) is 18.4 Å². The summed E-state index contributed by atoms with van der Waals surface area (Å²) in [5.41, 5.74) is 4.07. The molecule has 0 unspecified atom stereocenters. The number of methoxy groups -OCH3 is 1. The minimum atomic E-state index is -4.53. The fraction of sp³-hybridized carbons (Fsp3) is 0.417. The summed E-state index contributed by atoms with van der Waals surface area (Å²) in [5.74, 6) is 1.61. The highest BCUT2D eigenvalue weighted by Crippen LogP contribution is 2.46. The van der Waals surface area contributed by atoms with Gasteiger partial charge in [0.25, 0.3) is 0 Å². The average Bonchev–Trinajstić information content (AvgIpc) is 3.58. The van der Waals surface area contributed by atoms with Crippen LogP contribution in [0.25, 0.3) is 22.8 Å². The van der Waals surface area contributed by atoms with Crippen LogP contribution in [0.2, 0.25) is 0 Å². The molecule has 4 aromatic rings. The van der Waals surface area contributed by atoms with E-state index in [1.165, 1.54) is 17.9 Å². The molecule has 0 aromatic carbocycles. The molecule has 1 aliphatic heterocycles. The van der Waals surface area contributed by atoms with Crippen LogP contribution >= 0.6 is 0 Å². The highest BCUT2D eigenvalue weighted by atomic mass is 19.4. The van der Waals surface area contributed by atoms with E-state index in [4.69, 9.17) is 9.84 Å². The molecular formula is C24H24F3N9O. The summed E-state index contributed by atoms with van der Waals surface area (Å²) >= 11 is 0. The number of aromatic nitrogens is 8. The maximum Gasteiger partial charge on any atom is 0.434 e. The predicted molar refractivity (Wildman–Crippen MR) is 127 cm³/mol. The third kappa shape index (κ3) is 4.07. The van der Waals surface area contributed by atoms with E-state index >= 15 is 0 Å². The quantitative estimate of drug-likeness (QED) is 0.401. The van der Waals surface area contributed by atoms with E-state index in [0.717, 1.165) is 53.7 Å². The largest absolute Gasteiger partial charge is 0.480 e. The Kier molecular flexibility index (Phi) is 5.39. The Bertz CT molecular complexity index is 1470. The Morgan fingerprint density at radius 3 is 2.54 bits per heavy atom. The first-order valence-electron chi connectivity index (χ1n) is 11.9. The molecule has 10 nitrogen and oxygen atoms in total. The lowest BCUT2D eigenvalue weighted by Gasteiger charge is -2.28. The van der Waals surface area contributed by atoms with Crippen molar-refractivity contribution in [3.63, 3.8) is 0 Å². The van der Waals surface area contributed by atoms with Gasteiger partial charge in [-0.1, -0.05) is 0 Å². The molecule has 0 radical (unpaired) electrons. The molecule has 37 heavy (non-hydrogen) atoms. The second kappa shape index (κ2) is 8.53. The number of hydrogen-bond acceptors (Lipinski definition) is 8. The fourth-order valence-electron chi connectivity index (χ4n) is 4.87. The second-order valence-electron chi connectivity index (χ2n) is 9.32. The Morgan fingerprint density at radius 2 is 1.89 bits per heavy atom. The summed E-state index contributed by atoms with van der Waals surface area (Å²) in [6.45, 7) is 1.23. The van der Waals surface area contributed by atoms with Crippen LogP contribution in [0.3, 0.4) is 0 Å². The molecule has 0 bridgehead atoms. The van der Waals surface area contributed by atoms with Crippen molar-refractivity contribution in [3.05, 3.63) is 47.3 Å². The molecule has 6 rings (SSSR count). The number of nitrogens with zero attached hydrogens (tertiary/aromatic N) is 9. The highest BCUT2D eigenvalue weighted by Gasteiger charge is 2.36. The summed E-state index contributed by atoms with van der Waals surface area (Å²) in [5, 5.41) is 13.4. The second-order valence-corrected chi connectivity index (χ2v) is 9.32. The lowest BCUT2D eigenvalue weighted by atomic mass is 9.99. The van der Waals surface area contributed by atoms with E-state index in [2.05, 4.69) is 30.0 Å². The Hall–Kier alpha value is -4.03. The molecular weight excluding hydrogens is 487 g/mol.